The fourth-order valence-electron chi connectivity index (χ4n) is 3.75. The van der Waals surface area contributed by atoms with Gasteiger partial charge >= 0.3 is 0 Å². The van der Waals surface area contributed by atoms with Crippen LogP contribution in [-0.4, -0.2) is 17.9 Å². The van der Waals surface area contributed by atoms with Crippen LogP contribution in [0.25, 0.3) is 0 Å². The van der Waals surface area contributed by atoms with E-state index in [1.165, 1.54) is 6.42 Å². The van der Waals surface area contributed by atoms with Gasteiger partial charge in [-0.1, -0.05) is 44.9 Å². The largest absolute Gasteiger partial charge is 0.457 e. The molecule has 154 valence electrons. The lowest BCUT2D eigenvalue weighted by Gasteiger charge is -2.34. The van der Waals surface area contributed by atoms with Crippen LogP contribution in [0.4, 0.5) is 5.69 Å². The summed E-state index contributed by atoms with van der Waals surface area (Å²) in [5.74, 6) is 2.37. The smallest absolute Gasteiger partial charge is 0.224 e. The molecular formula is C24H30N2O3. The molecule has 29 heavy (non-hydrogen) atoms. The van der Waals surface area contributed by atoms with E-state index in [1.54, 1.807) is 24.3 Å². The van der Waals surface area contributed by atoms with E-state index in [9.17, 15) is 9.59 Å². The van der Waals surface area contributed by atoms with Crippen LogP contribution in [0, 0.1) is 11.8 Å². The number of rotatable bonds is 7. The van der Waals surface area contributed by atoms with Crippen molar-refractivity contribution in [3.8, 4) is 11.5 Å². The van der Waals surface area contributed by atoms with E-state index in [1.807, 2.05) is 30.3 Å². The molecule has 3 rings (SSSR count). The van der Waals surface area contributed by atoms with Crippen LogP contribution in [0.1, 0.15) is 46.0 Å². The molecule has 1 aliphatic rings. The zero-order chi connectivity index (χ0) is 20.6. The Hall–Kier alpha value is -2.82. The molecule has 0 bridgehead atoms. The first-order valence-electron chi connectivity index (χ1n) is 10.4. The van der Waals surface area contributed by atoms with E-state index in [2.05, 4.69) is 24.5 Å². The molecule has 2 aromatic carbocycles. The first-order chi connectivity index (χ1) is 14.0. The van der Waals surface area contributed by atoms with Crippen molar-refractivity contribution in [3.05, 3.63) is 54.6 Å². The van der Waals surface area contributed by atoms with Gasteiger partial charge in [-0.3, -0.25) is 9.59 Å². The Balaban J connectivity index is 1.41. The number of anilines is 1. The van der Waals surface area contributed by atoms with Crippen molar-refractivity contribution in [2.75, 3.05) is 5.32 Å². The van der Waals surface area contributed by atoms with Gasteiger partial charge in [0, 0.05) is 24.6 Å². The first-order valence-corrected chi connectivity index (χ1v) is 10.4. The Bertz CT molecular complexity index is 805. The van der Waals surface area contributed by atoms with Gasteiger partial charge in [0.2, 0.25) is 11.8 Å². The van der Waals surface area contributed by atoms with Crippen molar-refractivity contribution in [3.63, 3.8) is 0 Å². The summed E-state index contributed by atoms with van der Waals surface area (Å²) < 4.78 is 5.74. The van der Waals surface area contributed by atoms with Gasteiger partial charge in [0.15, 0.2) is 0 Å². The summed E-state index contributed by atoms with van der Waals surface area (Å²) in [4.78, 5) is 24.4. The Morgan fingerprint density at radius 3 is 2.28 bits per heavy atom. The highest BCUT2D eigenvalue weighted by atomic mass is 16.5. The third kappa shape index (κ3) is 6.34. The second kappa shape index (κ2) is 10.1. The second-order valence-corrected chi connectivity index (χ2v) is 7.93. The van der Waals surface area contributed by atoms with Gasteiger partial charge in [0.25, 0.3) is 0 Å². The average molecular weight is 395 g/mol. The Labute approximate surface area is 172 Å². The summed E-state index contributed by atoms with van der Waals surface area (Å²) in [5.41, 5.74) is 0.686. The van der Waals surface area contributed by atoms with Gasteiger partial charge in [-0.2, -0.15) is 0 Å². The summed E-state index contributed by atoms with van der Waals surface area (Å²) in [6, 6.07) is 17.0. The molecule has 1 saturated carbocycles. The summed E-state index contributed by atoms with van der Waals surface area (Å²) >= 11 is 0. The summed E-state index contributed by atoms with van der Waals surface area (Å²) in [5, 5.41) is 5.95. The lowest BCUT2D eigenvalue weighted by Crippen LogP contribution is -2.43. The topological polar surface area (TPSA) is 67.4 Å². The fourth-order valence-corrected chi connectivity index (χ4v) is 3.75. The van der Waals surface area contributed by atoms with Crippen molar-refractivity contribution >= 4 is 17.5 Å². The molecule has 1 fully saturated rings. The number of ether oxygens (including phenoxy) is 1. The van der Waals surface area contributed by atoms with Crippen LogP contribution in [-0.2, 0) is 9.59 Å². The number of hydrogen-bond acceptors (Lipinski definition) is 3. The molecule has 0 aromatic heterocycles. The van der Waals surface area contributed by atoms with Gasteiger partial charge in [-0.05, 0) is 54.7 Å². The SMILES string of the molecule is CC1CCCC(NC(=O)CCC(=O)Nc2ccc(Oc3ccccc3)cc2)C1C. The molecule has 2 N–H and O–H groups in total. The Morgan fingerprint density at radius 1 is 0.897 bits per heavy atom. The maximum atomic E-state index is 12.2. The minimum atomic E-state index is -0.165. The van der Waals surface area contributed by atoms with Gasteiger partial charge < -0.3 is 15.4 Å². The number of amides is 2. The number of carbonyl (C=O) groups excluding carboxylic acids is 2. The third-order valence-corrected chi connectivity index (χ3v) is 5.75. The number of benzene rings is 2. The van der Waals surface area contributed by atoms with E-state index >= 15 is 0 Å². The highest BCUT2D eigenvalue weighted by molar-refractivity contribution is 5.93. The molecule has 5 heteroatoms. The molecule has 0 heterocycles. The summed E-state index contributed by atoms with van der Waals surface area (Å²) in [6.07, 6.45) is 3.79. The van der Waals surface area contributed by atoms with E-state index < -0.39 is 0 Å². The standard InChI is InChI=1S/C24H30N2O3/c1-17-7-6-10-22(18(17)2)26-24(28)16-15-23(27)25-19-11-13-21(14-12-19)29-20-8-4-3-5-9-20/h3-5,8-9,11-14,17-18,22H,6-7,10,15-16H2,1-2H3,(H,25,27)(H,26,28). The zero-order valence-corrected chi connectivity index (χ0v) is 17.2. The molecule has 2 aromatic rings. The normalized spacial score (nSPS) is 21.2. The van der Waals surface area contributed by atoms with Gasteiger partial charge in [-0.25, -0.2) is 0 Å². The van der Waals surface area contributed by atoms with Crippen LogP contribution in [0.3, 0.4) is 0 Å². The second-order valence-electron chi connectivity index (χ2n) is 7.93. The summed E-state index contributed by atoms with van der Waals surface area (Å²) in [6.45, 7) is 4.44. The minimum absolute atomic E-state index is 0.0438. The average Bonchev–Trinajstić information content (AvgIpc) is 2.72. The van der Waals surface area contributed by atoms with Crippen LogP contribution < -0.4 is 15.4 Å². The van der Waals surface area contributed by atoms with Crippen molar-refractivity contribution < 1.29 is 14.3 Å². The lowest BCUT2D eigenvalue weighted by molar-refractivity contribution is -0.125. The highest BCUT2D eigenvalue weighted by Gasteiger charge is 2.28. The molecule has 0 radical (unpaired) electrons. The van der Waals surface area contributed by atoms with Gasteiger partial charge in [0.1, 0.15) is 11.5 Å². The molecule has 0 aliphatic heterocycles. The van der Waals surface area contributed by atoms with E-state index in [0.717, 1.165) is 18.6 Å². The minimum Gasteiger partial charge on any atom is -0.457 e. The molecule has 3 atom stereocenters. The molecule has 2 amide bonds. The van der Waals surface area contributed by atoms with Crippen molar-refractivity contribution in [1.29, 1.82) is 0 Å². The molecule has 3 unspecified atom stereocenters. The highest BCUT2D eigenvalue weighted by Crippen LogP contribution is 2.29. The zero-order valence-electron chi connectivity index (χ0n) is 17.2. The maximum Gasteiger partial charge on any atom is 0.224 e. The van der Waals surface area contributed by atoms with Gasteiger partial charge in [-0.15, -0.1) is 0 Å². The van der Waals surface area contributed by atoms with Crippen LogP contribution >= 0.6 is 0 Å². The predicted molar refractivity (Wildman–Crippen MR) is 115 cm³/mol. The van der Waals surface area contributed by atoms with E-state index in [-0.39, 0.29) is 30.7 Å². The first kappa shape index (κ1) is 20.9. The van der Waals surface area contributed by atoms with Crippen molar-refractivity contribution in [2.45, 2.75) is 52.0 Å². The number of hydrogen-bond donors (Lipinski definition) is 2. The predicted octanol–water partition coefficient (Wildman–Crippen LogP) is 5.14. The number of para-hydroxylation sites is 1. The van der Waals surface area contributed by atoms with Crippen LogP contribution in [0.15, 0.2) is 54.6 Å². The quantitative estimate of drug-likeness (QED) is 0.683. The maximum absolute atomic E-state index is 12.2. The molecule has 5 nitrogen and oxygen atoms in total. The van der Waals surface area contributed by atoms with E-state index in [0.29, 0.717) is 23.3 Å². The van der Waals surface area contributed by atoms with Crippen LogP contribution in [0.5, 0.6) is 11.5 Å². The summed E-state index contributed by atoms with van der Waals surface area (Å²) in [7, 11) is 0. The molecular weight excluding hydrogens is 364 g/mol. The Kier molecular flexibility index (Phi) is 7.28. The van der Waals surface area contributed by atoms with Crippen LogP contribution in [0.2, 0.25) is 0 Å². The monoisotopic (exact) mass is 394 g/mol. The lowest BCUT2D eigenvalue weighted by atomic mass is 9.78. The van der Waals surface area contributed by atoms with Crippen molar-refractivity contribution in [1.82, 2.24) is 5.32 Å². The molecule has 0 saturated heterocycles. The number of carbonyl (C=O) groups is 2. The molecule has 0 spiro atoms. The number of nitrogens with one attached hydrogen (secondary N) is 2. The van der Waals surface area contributed by atoms with Crippen molar-refractivity contribution in [2.24, 2.45) is 11.8 Å². The van der Waals surface area contributed by atoms with Gasteiger partial charge in [0.05, 0.1) is 0 Å². The molecule has 1 aliphatic carbocycles. The Morgan fingerprint density at radius 2 is 1.55 bits per heavy atom. The fraction of sp³-hybridized carbons (Fsp3) is 0.417. The van der Waals surface area contributed by atoms with E-state index in [4.69, 9.17) is 4.74 Å². The third-order valence-electron chi connectivity index (χ3n) is 5.75.